The third kappa shape index (κ3) is 3.40. The highest BCUT2D eigenvalue weighted by molar-refractivity contribution is 7.71. The van der Waals surface area contributed by atoms with E-state index in [4.69, 9.17) is 12.2 Å². The van der Waals surface area contributed by atoms with Gasteiger partial charge >= 0.3 is 0 Å². The fraction of sp³-hybridized carbons (Fsp3) is 0.556. The van der Waals surface area contributed by atoms with Gasteiger partial charge in [-0.3, -0.25) is 4.57 Å². The van der Waals surface area contributed by atoms with E-state index in [0.717, 1.165) is 23.2 Å². The fourth-order valence-electron chi connectivity index (χ4n) is 3.73. The summed E-state index contributed by atoms with van der Waals surface area (Å²) in [5, 5.41) is 4.57. The number of nitrogens with one attached hydrogen (secondary N) is 1. The maximum absolute atomic E-state index is 5.69. The number of hydrogen-bond acceptors (Lipinski definition) is 2. The van der Waals surface area contributed by atoms with Crippen LogP contribution < -0.4 is 4.90 Å². The second-order valence-corrected chi connectivity index (χ2v) is 7.11. The van der Waals surface area contributed by atoms with E-state index in [9.17, 15) is 0 Å². The molecule has 23 heavy (non-hydrogen) atoms. The largest absolute Gasteiger partial charge is 0.314 e. The van der Waals surface area contributed by atoms with Crippen molar-refractivity contribution < 1.29 is 4.90 Å². The van der Waals surface area contributed by atoms with E-state index in [1.165, 1.54) is 43.4 Å². The minimum Gasteiger partial charge on any atom is -0.314 e. The summed E-state index contributed by atoms with van der Waals surface area (Å²) in [6.45, 7) is 8.66. The van der Waals surface area contributed by atoms with Gasteiger partial charge in [-0.05, 0) is 63.4 Å². The number of likely N-dealkylation sites (tertiary alicyclic amines) is 1. The highest BCUT2D eigenvalue weighted by Gasteiger charge is 2.25. The highest BCUT2D eigenvalue weighted by Crippen LogP contribution is 2.16. The van der Waals surface area contributed by atoms with Gasteiger partial charge in [-0.25, -0.2) is 0 Å². The summed E-state index contributed by atoms with van der Waals surface area (Å²) in [5.74, 6) is 0. The Labute approximate surface area is 143 Å². The normalized spacial score (nSPS) is 21.5. The van der Waals surface area contributed by atoms with Gasteiger partial charge in [0.1, 0.15) is 6.33 Å². The van der Waals surface area contributed by atoms with Crippen molar-refractivity contribution in [3.05, 3.63) is 40.4 Å². The van der Waals surface area contributed by atoms with Gasteiger partial charge in [-0.15, -0.1) is 0 Å². The lowest BCUT2D eigenvalue weighted by molar-refractivity contribution is -0.953. The molecule has 0 spiro atoms. The molecule has 0 bridgehead atoms. The van der Waals surface area contributed by atoms with Gasteiger partial charge in [0.25, 0.3) is 0 Å². The summed E-state index contributed by atoms with van der Waals surface area (Å²) in [6.07, 6.45) is 7.11. The van der Waals surface area contributed by atoms with Crippen molar-refractivity contribution in [2.75, 3.05) is 6.54 Å². The molecule has 124 valence electrons. The number of aromatic nitrogens is 3. The van der Waals surface area contributed by atoms with Crippen molar-refractivity contribution in [3.63, 3.8) is 0 Å². The molecule has 0 saturated carbocycles. The Morgan fingerprint density at radius 1 is 1.30 bits per heavy atom. The highest BCUT2D eigenvalue weighted by atomic mass is 32.1. The van der Waals surface area contributed by atoms with E-state index in [1.54, 1.807) is 4.90 Å². The molecule has 1 saturated heterocycles. The zero-order valence-electron chi connectivity index (χ0n) is 14.4. The van der Waals surface area contributed by atoms with Crippen LogP contribution in [0.1, 0.15) is 43.7 Å². The van der Waals surface area contributed by atoms with Crippen LogP contribution in [-0.2, 0) is 6.67 Å². The zero-order valence-corrected chi connectivity index (χ0v) is 15.2. The first-order valence-electron chi connectivity index (χ1n) is 8.66. The van der Waals surface area contributed by atoms with Crippen molar-refractivity contribution in [1.82, 2.24) is 14.3 Å². The molecule has 0 aliphatic carbocycles. The molecular weight excluding hydrogens is 304 g/mol. The predicted molar refractivity (Wildman–Crippen MR) is 95.6 cm³/mol. The molecule has 1 unspecified atom stereocenters. The number of rotatable bonds is 4. The quantitative estimate of drug-likeness (QED) is 0.872. The Bertz CT molecular complexity index is 731. The average Bonchev–Trinajstić information content (AvgIpc) is 2.89. The Hall–Kier alpha value is -1.46. The second kappa shape index (κ2) is 6.97. The molecule has 1 aromatic heterocycles. The summed E-state index contributed by atoms with van der Waals surface area (Å²) in [6, 6.07) is 7.20. The second-order valence-electron chi connectivity index (χ2n) is 6.74. The van der Waals surface area contributed by atoms with Crippen LogP contribution in [0.5, 0.6) is 0 Å². The van der Waals surface area contributed by atoms with Gasteiger partial charge in [0.05, 0.1) is 18.3 Å². The van der Waals surface area contributed by atoms with Crippen LogP contribution in [0.25, 0.3) is 5.69 Å². The lowest BCUT2D eigenvalue weighted by Crippen LogP contribution is -3.15. The fourth-order valence-corrected chi connectivity index (χ4v) is 3.99. The third-order valence-corrected chi connectivity index (χ3v) is 5.48. The minimum atomic E-state index is 0.747. The van der Waals surface area contributed by atoms with Crippen LogP contribution in [0.15, 0.2) is 24.5 Å². The number of aryl methyl sites for hydroxylation is 2. The van der Waals surface area contributed by atoms with Crippen molar-refractivity contribution in [1.29, 1.82) is 0 Å². The van der Waals surface area contributed by atoms with E-state index in [1.807, 2.05) is 15.6 Å². The topological polar surface area (TPSA) is 27.2 Å². The van der Waals surface area contributed by atoms with Crippen molar-refractivity contribution in [2.24, 2.45) is 0 Å². The number of piperidine rings is 1. The lowest BCUT2D eigenvalue weighted by atomic mass is 10.0. The van der Waals surface area contributed by atoms with Gasteiger partial charge in [-0.2, -0.15) is 9.78 Å². The Morgan fingerprint density at radius 3 is 2.87 bits per heavy atom. The molecule has 5 heteroatoms. The number of benzene rings is 1. The molecule has 3 rings (SSSR count). The van der Waals surface area contributed by atoms with Gasteiger partial charge in [0.15, 0.2) is 6.67 Å². The molecule has 2 atom stereocenters. The molecule has 0 radical (unpaired) electrons. The lowest BCUT2D eigenvalue weighted by Gasteiger charge is -2.31. The number of hydrogen-bond donors (Lipinski definition) is 1. The average molecular weight is 332 g/mol. The third-order valence-electron chi connectivity index (χ3n) is 5.07. The molecule has 1 aliphatic rings. The molecular formula is C18H27N4S+. The molecule has 4 nitrogen and oxygen atoms in total. The maximum atomic E-state index is 5.69. The van der Waals surface area contributed by atoms with Crippen LogP contribution in [0.2, 0.25) is 0 Å². The van der Waals surface area contributed by atoms with Crippen molar-refractivity contribution in [3.8, 4) is 5.69 Å². The Balaban J connectivity index is 1.86. The van der Waals surface area contributed by atoms with Crippen LogP contribution in [0, 0.1) is 18.6 Å². The smallest absolute Gasteiger partial charge is 0.207 e. The van der Waals surface area contributed by atoms with Gasteiger partial charge in [-0.1, -0.05) is 24.6 Å². The molecule has 1 aliphatic heterocycles. The molecule has 1 aromatic carbocycles. The number of nitrogens with zero attached hydrogens (tertiary/aromatic N) is 3. The standard InChI is InChI=1S/C18H26N4S/c1-4-16-7-5-6-10-20(16)13-22-18(23)21(12-19-22)17-9-8-14(2)11-15(17)3/h8-9,11-12,16H,4-7,10,13H2,1-3H3/p+1/t16-/m0/s1. The van der Waals surface area contributed by atoms with E-state index >= 15 is 0 Å². The van der Waals surface area contributed by atoms with Crippen molar-refractivity contribution >= 4 is 12.2 Å². The first-order chi connectivity index (χ1) is 11.1. The van der Waals surface area contributed by atoms with Crippen LogP contribution >= 0.6 is 12.2 Å². The van der Waals surface area contributed by atoms with E-state index in [0.29, 0.717) is 0 Å². The summed E-state index contributed by atoms with van der Waals surface area (Å²) in [4.78, 5) is 1.63. The SMILES string of the molecule is CC[C@H]1CCCC[NH+]1Cn1ncn(-c2ccc(C)cc2C)c1=S. The van der Waals surface area contributed by atoms with Crippen molar-refractivity contribution in [2.45, 2.75) is 59.2 Å². The summed E-state index contributed by atoms with van der Waals surface area (Å²) in [7, 11) is 0. The maximum Gasteiger partial charge on any atom is 0.207 e. The Kier molecular flexibility index (Phi) is 4.97. The molecule has 1 N–H and O–H groups in total. The summed E-state index contributed by atoms with van der Waals surface area (Å²) < 4.78 is 4.83. The summed E-state index contributed by atoms with van der Waals surface area (Å²) >= 11 is 5.69. The van der Waals surface area contributed by atoms with Gasteiger partial charge in [0, 0.05) is 0 Å². The van der Waals surface area contributed by atoms with Crippen LogP contribution in [-0.4, -0.2) is 26.9 Å². The zero-order chi connectivity index (χ0) is 16.4. The van der Waals surface area contributed by atoms with Gasteiger partial charge in [0.2, 0.25) is 4.77 Å². The van der Waals surface area contributed by atoms with Crippen LogP contribution in [0.3, 0.4) is 0 Å². The minimum absolute atomic E-state index is 0.747. The van der Waals surface area contributed by atoms with Gasteiger partial charge < -0.3 is 4.90 Å². The molecule has 2 heterocycles. The number of quaternary nitrogens is 1. The van der Waals surface area contributed by atoms with Crippen LogP contribution in [0.4, 0.5) is 0 Å². The Morgan fingerprint density at radius 2 is 2.13 bits per heavy atom. The van der Waals surface area contributed by atoms with E-state index in [-0.39, 0.29) is 0 Å². The van der Waals surface area contributed by atoms with E-state index in [2.05, 4.69) is 44.1 Å². The molecule has 0 amide bonds. The summed E-state index contributed by atoms with van der Waals surface area (Å²) in [5.41, 5.74) is 3.64. The van der Waals surface area contributed by atoms with E-state index < -0.39 is 0 Å². The first-order valence-corrected chi connectivity index (χ1v) is 9.07. The predicted octanol–water partition coefficient (Wildman–Crippen LogP) is 2.83. The monoisotopic (exact) mass is 331 g/mol. The molecule has 2 aromatic rings. The first kappa shape index (κ1) is 16.4. The molecule has 1 fully saturated rings.